The lowest BCUT2D eigenvalue weighted by Gasteiger charge is -2.26. The lowest BCUT2D eigenvalue weighted by atomic mass is 9.79. The molecule has 1 saturated carbocycles. The van der Waals surface area contributed by atoms with E-state index in [0.29, 0.717) is 0 Å². The maximum atomic E-state index is 3.21. The molecule has 1 aromatic heterocycles. The van der Waals surface area contributed by atoms with E-state index in [1.165, 1.54) is 40.8 Å². The highest BCUT2D eigenvalue weighted by molar-refractivity contribution is 7.10. The summed E-state index contributed by atoms with van der Waals surface area (Å²) in [5.41, 5.74) is 4.27. The van der Waals surface area contributed by atoms with Crippen molar-refractivity contribution in [2.75, 3.05) is 7.05 Å². The molecule has 18 heavy (non-hydrogen) atoms. The summed E-state index contributed by atoms with van der Waals surface area (Å²) in [6.07, 6.45) is 4.15. The van der Waals surface area contributed by atoms with Crippen molar-refractivity contribution in [1.29, 1.82) is 0 Å². The molecule has 1 aliphatic rings. The summed E-state index contributed by atoms with van der Waals surface area (Å²) >= 11 is 1.84. The second-order valence-corrected chi connectivity index (χ2v) is 6.08. The summed E-state index contributed by atoms with van der Waals surface area (Å²) in [5.74, 6) is 0.820. The van der Waals surface area contributed by atoms with Crippen LogP contribution in [0, 0.1) is 0 Å². The topological polar surface area (TPSA) is 12.0 Å². The number of benzene rings is 1. The maximum absolute atomic E-state index is 3.21. The molecule has 3 rings (SSSR count). The monoisotopic (exact) mass is 257 g/mol. The highest BCUT2D eigenvalue weighted by atomic mass is 32.1. The molecule has 1 aromatic carbocycles. The fourth-order valence-corrected chi connectivity index (χ4v) is 3.42. The Morgan fingerprint density at radius 3 is 2.83 bits per heavy atom. The van der Waals surface area contributed by atoms with Crippen LogP contribution in [-0.2, 0) is 6.54 Å². The van der Waals surface area contributed by atoms with Gasteiger partial charge in [-0.15, -0.1) is 11.3 Å². The Labute approximate surface area is 113 Å². The Kier molecular flexibility index (Phi) is 3.48. The second-order valence-electron chi connectivity index (χ2n) is 5.09. The Hall–Kier alpha value is -1.12. The van der Waals surface area contributed by atoms with Gasteiger partial charge in [0.15, 0.2) is 0 Å². The van der Waals surface area contributed by atoms with E-state index >= 15 is 0 Å². The van der Waals surface area contributed by atoms with Crippen molar-refractivity contribution in [3.05, 3.63) is 46.2 Å². The third-order valence-electron chi connectivity index (χ3n) is 3.80. The zero-order chi connectivity index (χ0) is 12.4. The summed E-state index contributed by atoms with van der Waals surface area (Å²) in [6.45, 7) is 0.965. The minimum absolute atomic E-state index is 0.820. The zero-order valence-electron chi connectivity index (χ0n) is 10.8. The molecule has 1 N–H and O–H groups in total. The van der Waals surface area contributed by atoms with Crippen molar-refractivity contribution in [3.63, 3.8) is 0 Å². The smallest absolute Gasteiger partial charge is 0.0296 e. The molecule has 0 unspecified atom stereocenters. The molecule has 2 heteroatoms. The van der Waals surface area contributed by atoms with Crippen LogP contribution in [0.1, 0.15) is 35.6 Å². The Morgan fingerprint density at radius 1 is 1.22 bits per heavy atom. The molecular weight excluding hydrogens is 238 g/mol. The number of hydrogen-bond donors (Lipinski definition) is 1. The summed E-state index contributed by atoms with van der Waals surface area (Å²) in [4.78, 5) is 1.40. The molecule has 0 aliphatic heterocycles. The van der Waals surface area contributed by atoms with Crippen LogP contribution in [-0.4, -0.2) is 7.05 Å². The van der Waals surface area contributed by atoms with E-state index in [2.05, 4.69) is 41.0 Å². The van der Waals surface area contributed by atoms with Crippen LogP contribution in [0.2, 0.25) is 0 Å². The van der Waals surface area contributed by atoms with Crippen molar-refractivity contribution in [1.82, 2.24) is 5.32 Å². The van der Waals surface area contributed by atoms with E-state index in [1.807, 2.05) is 18.4 Å². The molecule has 94 valence electrons. The van der Waals surface area contributed by atoms with Crippen LogP contribution in [0.5, 0.6) is 0 Å². The first kappa shape index (κ1) is 11.9. The third-order valence-corrected chi connectivity index (χ3v) is 4.74. The van der Waals surface area contributed by atoms with Gasteiger partial charge in [-0.2, -0.15) is 0 Å². The van der Waals surface area contributed by atoms with Crippen LogP contribution in [0.15, 0.2) is 35.7 Å². The average Bonchev–Trinajstić information content (AvgIpc) is 2.76. The van der Waals surface area contributed by atoms with Gasteiger partial charge in [0.05, 0.1) is 0 Å². The van der Waals surface area contributed by atoms with Gasteiger partial charge in [-0.3, -0.25) is 0 Å². The first-order chi connectivity index (χ1) is 8.86. The lowest BCUT2D eigenvalue weighted by molar-refractivity contribution is 0.420. The fraction of sp³-hybridized carbons (Fsp3) is 0.375. The predicted molar refractivity (Wildman–Crippen MR) is 79.1 cm³/mol. The van der Waals surface area contributed by atoms with Gasteiger partial charge >= 0.3 is 0 Å². The zero-order valence-corrected chi connectivity index (χ0v) is 11.6. The molecule has 0 spiro atoms. The molecule has 0 atom stereocenters. The molecule has 0 amide bonds. The summed E-state index contributed by atoms with van der Waals surface area (Å²) in [5, 5.41) is 5.48. The number of hydrogen-bond acceptors (Lipinski definition) is 2. The summed E-state index contributed by atoms with van der Waals surface area (Å²) < 4.78 is 0. The van der Waals surface area contributed by atoms with Gasteiger partial charge in [-0.25, -0.2) is 0 Å². The van der Waals surface area contributed by atoms with E-state index in [-0.39, 0.29) is 0 Å². The van der Waals surface area contributed by atoms with Gasteiger partial charge in [0.2, 0.25) is 0 Å². The first-order valence-corrected chi connectivity index (χ1v) is 7.57. The van der Waals surface area contributed by atoms with E-state index in [9.17, 15) is 0 Å². The predicted octanol–water partition coefficient (Wildman–Crippen LogP) is 4.40. The fourth-order valence-electron chi connectivity index (χ4n) is 2.51. The van der Waals surface area contributed by atoms with Crippen molar-refractivity contribution < 1.29 is 0 Å². The molecule has 1 aliphatic carbocycles. The van der Waals surface area contributed by atoms with E-state index in [1.54, 1.807) is 0 Å². The number of thiophene rings is 1. The van der Waals surface area contributed by atoms with Crippen LogP contribution in [0.3, 0.4) is 0 Å². The van der Waals surface area contributed by atoms with Crippen molar-refractivity contribution >= 4 is 11.3 Å². The van der Waals surface area contributed by atoms with E-state index in [0.717, 1.165) is 12.5 Å². The molecular formula is C16H19NS. The van der Waals surface area contributed by atoms with Crippen LogP contribution >= 0.6 is 11.3 Å². The molecule has 1 heterocycles. The summed E-state index contributed by atoms with van der Waals surface area (Å²) in [6, 6.07) is 11.4. The van der Waals surface area contributed by atoms with Crippen LogP contribution in [0.25, 0.3) is 11.1 Å². The number of nitrogens with one attached hydrogen (secondary N) is 1. The molecule has 0 radical (unpaired) electrons. The maximum Gasteiger partial charge on any atom is 0.0296 e. The largest absolute Gasteiger partial charge is 0.315 e. The van der Waals surface area contributed by atoms with Gasteiger partial charge in [0.1, 0.15) is 0 Å². The van der Waals surface area contributed by atoms with Gasteiger partial charge in [0, 0.05) is 11.4 Å². The first-order valence-electron chi connectivity index (χ1n) is 6.69. The average molecular weight is 257 g/mol. The van der Waals surface area contributed by atoms with Crippen LogP contribution < -0.4 is 5.32 Å². The molecule has 0 saturated heterocycles. The quantitative estimate of drug-likeness (QED) is 0.856. The summed E-state index contributed by atoms with van der Waals surface area (Å²) in [7, 11) is 2.00. The van der Waals surface area contributed by atoms with Crippen LogP contribution in [0.4, 0.5) is 0 Å². The Bertz CT molecular complexity index is 525. The highest BCUT2D eigenvalue weighted by Crippen LogP contribution is 2.38. The van der Waals surface area contributed by atoms with Gasteiger partial charge in [-0.1, -0.05) is 30.7 Å². The third kappa shape index (κ3) is 2.36. The van der Waals surface area contributed by atoms with Gasteiger partial charge in [0.25, 0.3) is 0 Å². The van der Waals surface area contributed by atoms with Crippen molar-refractivity contribution in [2.45, 2.75) is 31.7 Å². The minimum atomic E-state index is 0.820. The second kappa shape index (κ2) is 5.25. The van der Waals surface area contributed by atoms with E-state index in [4.69, 9.17) is 0 Å². The molecule has 2 aromatic rings. The minimum Gasteiger partial charge on any atom is -0.315 e. The standard InChI is InChI=1S/C16H19NS/c1-17-10-16-9-15(11-18-16)14-7-3-6-13(8-14)12-4-2-5-12/h3,6-9,11-12,17H,2,4-5,10H2,1H3. The molecule has 1 nitrogen and oxygen atoms in total. The Morgan fingerprint density at radius 2 is 2.11 bits per heavy atom. The van der Waals surface area contributed by atoms with E-state index < -0.39 is 0 Å². The highest BCUT2D eigenvalue weighted by Gasteiger charge is 2.19. The molecule has 0 bridgehead atoms. The number of rotatable bonds is 4. The van der Waals surface area contributed by atoms with Crippen molar-refractivity contribution in [3.8, 4) is 11.1 Å². The Balaban J connectivity index is 1.85. The lowest BCUT2D eigenvalue weighted by Crippen LogP contribution is -2.08. The van der Waals surface area contributed by atoms with Gasteiger partial charge < -0.3 is 5.32 Å². The van der Waals surface area contributed by atoms with Gasteiger partial charge in [-0.05, 0) is 53.9 Å². The SMILES string of the molecule is CNCc1cc(-c2cccc(C3CCC3)c2)cs1. The normalized spacial score (nSPS) is 15.6. The van der Waals surface area contributed by atoms with Crippen molar-refractivity contribution in [2.24, 2.45) is 0 Å². The molecule has 1 fully saturated rings.